The van der Waals surface area contributed by atoms with E-state index in [1.54, 1.807) is 14.1 Å². The summed E-state index contributed by atoms with van der Waals surface area (Å²) in [6, 6.07) is -0.158. The van der Waals surface area contributed by atoms with E-state index in [1.807, 2.05) is 6.92 Å². The van der Waals surface area contributed by atoms with Gasteiger partial charge in [0.1, 0.15) is 6.04 Å². The standard InChI is InChI=1S/C13H24N2O3/c1-4-15(10-7-5-6-8-10)11(9-12(16)17)13(18)14(2)3/h10-11H,4-9H2,1-3H3,(H,16,17)/t11-/m0/s1. The number of carboxylic acids is 1. The van der Waals surface area contributed by atoms with Crippen molar-refractivity contribution < 1.29 is 14.7 Å². The lowest BCUT2D eigenvalue weighted by molar-refractivity contribution is -0.145. The summed E-state index contributed by atoms with van der Waals surface area (Å²) >= 11 is 0. The molecule has 0 unspecified atom stereocenters. The van der Waals surface area contributed by atoms with Crippen LogP contribution in [0, 0.1) is 0 Å². The lowest BCUT2D eigenvalue weighted by atomic mass is 10.1. The van der Waals surface area contributed by atoms with Crippen LogP contribution in [0.5, 0.6) is 0 Å². The maximum Gasteiger partial charge on any atom is 0.305 e. The molecule has 0 saturated heterocycles. The number of carbonyl (C=O) groups is 2. The number of hydrogen-bond donors (Lipinski definition) is 1. The Morgan fingerprint density at radius 1 is 1.28 bits per heavy atom. The molecule has 1 fully saturated rings. The van der Waals surface area contributed by atoms with Gasteiger partial charge < -0.3 is 10.0 Å². The molecule has 0 heterocycles. The van der Waals surface area contributed by atoms with E-state index >= 15 is 0 Å². The number of amides is 1. The number of carbonyl (C=O) groups excluding carboxylic acids is 1. The first-order chi connectivity index (χ1) is 8.47. The summed E-state index contributed by atoms with van der Waals surface area (Å²) in [6.07, 6.45) is 4.39. The van der Waals surface area contributed by atoms with Crippen LogP contribution in [0.25, 0.3) is 0 Å². The number of aliphatic carboxylic acids is 1. The highest BCUT2D eigenvalue weighted by Crippen LogP contribution is 2.26. The van der Waals surface area contributed by atoms with E-state index in [0.717, 1.165) is 19.4 Å². The Kier molecular flexibility index (Phi) is 5.59. The van der Waals surface area contributed by atoms with E-state index in [1.165, 1.54) is 17.7 Å². The number of nitrogens with zero attached hydrogens (tertiary/aromatic N) is 2. The molecule has 1 saturated carbocycles. The SMILES string of the molecule is CCN(C1CCCC1)[C@@H](CC(=O)O)C(=O)N(C)C. The van der Waals surface area contributed by atoms with Crippen molar-refractivity contribution in [2.75, 3.05) is 20.6 Å². The second kappa shape index (κ2) is 6.73. The second-order valence-corrected chi connectivity index (χ2v) is 5.12. The minimum Gasteiger partial charge on any atom is -0.481 e. The predicted molar refractivity (Wildman–Crippen MR) is 69.4 cm³/mol. The summed E-state index contributed by atoms with van der Waals surface area (Å²) in [5.41, 5.74) is 0. The molecule has 5 nitrogen and oxygen atoms in total. The number of likely N-dealkylation sites (N-methyl/N-ethyl adjacent to an activating group) is 2. The highest BCUT2D eigenvalue weighted by Gasteiger charge is 2.34. The van der Waals surface area contributed by atoms with Gasteiger partial charge in [-0.25, -0.2) is 0 Å². The Hall–Kier alpha value is -1.10. The lowest BCUT2D eigenvalue weighted by Gasteiger charge is -2.35. The number of carboxylic acid groups (broad SMARTS) is 1. The first-order valence-corrected chi connectivity index (χ1v) is 6.66. The van der Waals surface area contributed by atoms with Crippen molar-refractivity contribution in [3.05, 3.63) is 0 Å². The van der Waals surface area contributed by atoms with Crippen LogP contribution in [-0.4, -0.2) is 59.5 Å². The Morgan fingerprint density at radius 3 is 2.22 bits per heavy atom. The molecule has 0 aromatic heterocycles. The molecule has 5 heteroatoms. The van der Waals surface area contributed by atoms with E-state index in [9.17, 15) is 9.59 Å². The van der Waals surface area contributed by atoms with Gasteiger partial charge in [-0.3, -0.25) is 14.5 Å². The van der Waals surface area contributed by atoms with Gasteiger partial charge in [-0.05, 0) is 19.4 Å². The van der Waals surface area contributed by atoms with Gasteiger partial charge in [-0.1, -0.05) is 19.8 Å². The van der Waals surface area contributed by atoms with Crippen molar-refractivity contribution in [1.82, 2.24) is 9.80 Å². The van der Waals surface area contributed by atoms with Crippen molar-refractivity contribution in [3.8, 4) is 0 Å². The van der Waals surface area contributed by atoms with Crippen LogP contribution in [0.15, 0.2) is 0 Å². The summed E-state index contributed by atoms with van der Waals surface area (Å²) in [5.74, 6) is -1.02. The van der Waals surface area contributed by atoms with Crippen LogP contribution in [0.4, 0.5) is 0 Å². The van der Waals surface area contributed by atoms with Crippen molar-refractivity contribution in [3.63, 3.8) is 0 Å². The molecule has 18 heavy (non-hydrogen) atoms. The van der Waals surface area contributed by atoms with Crippen molar-refractivity contribution in [1.29, 1.82) is 0 Å². The van der Waals surface area contributed by atoms with E-state index in [4.69, 9.17) is 5.11 Å². The molecular formula is C13H24N2O3. The summed E-state index contributed by atoms with van der Waals surface area (Å²) in [6.45, 7) is 2.72. The molecule has 1 rings (SSSR count). The quantitative estimate of drug-likeness (QED) is 0.775. The molecule has 1 aliphatic rings. The van der Waals surface area contributed by atoms with Crippen LogP contribution < -0.4 is 0 Å². The highest BCUT2D eigenvalue weighted by atomic mass is 16.4. The fourth-order valence-electron chi connectivity index (χ4n) is 2.78. The zero-order valence-corrected chi connectivity index (χ0v) is 11.6. The van der Waals surface area contributed by atoms with E-state index in [0.29, 0.717) is 6.04 Å². The molecule has 104 valence electrons. The fraction of sp³-hybridized carbons (Fsp3) is 0.846. The number of rotatable bonds is 6. The Labute approximate surface area is 109 Å². The number of hydrogen-bond acceptors (Lipinski definition) is 3. The zero-order chi connectivity index (χ0) is 13.7. The normalized spacial score (nSPS) is 18.0. The van der Waals surface area contributed by atoms with Gasteiger partial charge in [-0.15, -0.1) is 0 Å². The van der Waals surface area contributed by atoms with Crippen LogP contribution in [0.2, 0.25) is 0 Å². The lowest BCUT2D eigenvalue weighted by Crippen LogP contribution is -2.51. The van der Waals surface area contributed by atoms with Gasteiger partial charge in [0.25, 0.3) is 0 Å². The Bertz CT molecular complexity index is 299. The molecule has 0 spiro atoms. The second-order valence-electron chi connectivity index (χ2n) is 5.12. The minimum absolute atomic E-state index is 0.105. The maximum atomic E-state index is 12.2. The third-order valence-corrected chi connectivity index (χ3v) is 3.65. The molecule has 0 aromatic rings. The summed E-state index contributed by atoms with van der Waals surface area (Å²) in [4.78, 5) is 26.7. The average molecular weight is 256 g/mol. The minimum atomic E-state index is -0.911. The van der Waals surface area contributed by atoms with Crippen LogP contribution in [-0.2, 0) is 9.59 Å². The van der Waals surface area contributed by atoms with Gasteiger partial charge >= 0.3 is 5.97 Å². The van der Waals surface area contributed by atoms with Gasteiger partial charge in [0.15, 0.2) is 0 Å². The third kappa shape index (κ3) is 3.70. The van der Waals surface area contributed by atoms with Crippen molar-refractivity contribution >= 4 is 11.9 Å². The fourth-order valence-corrected chi connectivity index (χ4v) is 2.78. The molecule has 1 atom stereocenters. The van der Waals surface area contributed by atoms with E-state index < -0.39 is 12.0 Å². The van der Waals surface area contributed by atoms with Gasteiger partial charge in [-0.2, -0.15) is 0 Å². The van der Waals surface area contributed by atoms with E-state index in [-0.39, 0.29) is 12.3 Å². The molecule has 0 aromatic carbocycles. The maximum absolute atomic E-state index is 12.2. The molecule has 0 aliphatic heterocycles. The van der Waals surface area contributed by atoms with Gasteiger partial charge in [0.2, 0.25) is 5.91 Å². The first-order valence-electron chi connectivity index (χ1n) is 6.66. The molecule has 1 aliphatic carbocycles. The van der Waals surface area contributed by atoms with Gasteiger partial charge in [0, 0.05) is 20.1 Å². The highest BCUT2D eigenvalue weighted by molar-refractivity contribution is 5.85. The Morgan fingerprint density at radius 2 is 1.83 bits per heavy atom. The topological polar surface area (TPSA) is 60.9 Å². The predicted octanol–water partition coefficient (Wildman–Crippen LogP) is 1.18. The smallest absolute Gasteiger partial charge is 0.305 e. The summed E-state index contributed by atoms with van der Waals surface area (Å²) < 4.78 is 0. The first kappa shape index (κ1) is 15.0. The Balaban J connectivity index is 2.83. The third-order valence-electron chi connectivity index (χ3n) is 3.65. The van der Waals surface area contributed by atoms with Crippen molar-refractivity contribution in [2.24, 2.45) is 0 Å². The van der Waals surface area contributed by atoms with Crippen LogP contribution in [0.1, 0.15) is 39.0 Å². The molecule has 1 N–H and O–H groups in total. The average Bonchev–Trinajstić information content (AvgIpc) is 2.80. The van der Waals surface area contributed by atoms with Crippen molar-refractivity contribution in [2.45, 2.75) is 51.1 Å². The summed E-state index contributed by atoms with van der Waals surface area (Å²) in [7, 11) is 3.36. The monoisotopic (exact) mass is 256 g/mol. The van der Waals surface area contributed by atoms with E-state index in [2.05, 4.69) is 4.90 Å². The molecule has 0 bridgehead atoms. The largest absolute Gasteiger partial charge is 0.481 e. The summed E-state index contributed by atoms with van der Waals surface area (Å²) in [5, 5.41) is 9.00. The van der Waals surface area contributed by atoms with Crippen LogP contribution in [0.3, 0.4) is 0 Å². The molecular weight excluding hydrogens is 232 g/mol. The van der Waals surface area contributed by atoms with Crippen LogP contribution >= 0.6 is 0 Å². The molecule has 0 radical (unpaired) electrons. The van der Waals surface area contributed by atoms with Gasteiger partial charge in [0.05, 0.1) is 6.42 Å². The molecule has 1 amide bonds. The zero-order valence-electron chi connectivity index (χ0n) is 11.6.